The van der Waals surface area contributed by atoms with Crippen molar-refractivity contribution in [3.8, 4) is 5.82 Å². The molecular weight excluding hydrogens is 234 g/mol. The molecule has 2 aromatic rings. The third-order valence-electron chi connectivity index (χ3n) is 2.23. The number of ether oxygens (including phenoxy) is 1. The lowest BCUT2D eigenvalue weighted by Crippen LogP contribution is -2.09. The molecule has 0 spiro atoms. The number of hydrogen-bond donors (Lipinski definition) is 1. The van der Waals surface area contributed by atoms with Crippen molar-refractivity contribution in [3.05, 3.63) is 29.7 Å². The molecule has 7 nitrogen and oxygen atoms in total. The van der Waals surface area contributed by atoms with Gasteiger partial charge in [0.2, 0.25) is 0 Å². The van der Waals surface area contributed by atoms with Crippen LogP contribution in [0.1, 0.15) is 23.1 Å². The number of nitrogen functional groups attached to an aromatic ring is 1. The van der Waals surface area contributed by atoms with Crippen molar-refractivity contribution in [2.75, 3.05) is 12.3 Å². The summed E-state index contributed by atoms with van der Waals surface area (Å²) in [5, 5.41) is 11.9. The Hall–Kier alpha value is -2.44. The molecule has 0 atom stereocenters. The SMILES string of the molecule is CCOC(=O)c1nn(-c2ccc(C)nn2)cc1N. The molecule has 94 valence electrons. The third-order valence-corrected chi connectivity index (χ3v) is 2.23. The molecule has 18 heavy (non-hydrogen) atoms. The van der Waals surface area contributed by atoms with Crippen LogP contribution in [0.2, 0.25) is 0 Å². The summed E-state index contributed by atoms with van der Waals surface area (Å²) in [5.74, 6) is -0.0586. The van der Waals surface area contributed by atoms with Gasteiger partial charge in [0.05, 0.1) is 24.2 Å². The molecule has 7 heteroatoms. The second kappa shape index (κ2) is 4.82. The van der Waals surface area contributed by atoms with Crippen LogP contribution in [0.4, 0.5) is 5.69 Å². The quantitative estimate of drug-likeness (QED) is 0.803. The highest BCUT2D eigenvalue weighted by Crippen LogP contribution is 2.13. The minimum atomic E-state index is -0.547. The predicted octanol–water partition coefficient (Wildman–Crippen LogP) is 0.730. The number of esters is 1. The number of carbonyl (C=O) groups is 1. The van der Waals surface area contributed by atoms with Gasteiger partial charge in [0.1, 0.15) is 0 Å². The van der Waals surface area contributed by atoms with Gasteiger partial charge in [0.25, 0.3) is 0 Å². The normalized spacial score (nSPS) is 10.3. The van der Waals surface area contributed by atoms with Crippen LogP contribution >= 0.6 is 0 Å². The monoisotopic (exact) mass is 247 g/mol. The highest BCUT2D eigenvalue weighted by molar-refractivity contribution is 5.92. The zero-order valence-electron chi connectivity index (χ0n) is 10.1. The van der Waals surface area contributed by atoms with E-state index in [1.54, 1.807) is 19.1 Å². The van der Waals surface area contributed by atoms with E-state index in [4.69, 9.17) is 10.5 Å². The van der Waals surface area contributed by atoms with Gasteiger partial charge in [0.15, 0.2) is 11.5 Å². The average Bonchev–Trinajstić information content (AvgIpc) is 2.72. The van der Waals surface area contributed by atoms with Gasteiger partial charge in [-0.25, -0.2) is 9.48 Å². The van der Waals surface area contributed by atoms with Crippen molar-refractivity contribution in [1.82, 2.24) is 20.0 Å². The molecule has 0 saturated carbocycles. The summed E-state index contributed by atoms with van der Waals surface area (Å²) in [7, 11) is 0. The Morgan fingerprint density at radius 2 is 2.22 bits per heavy atom. The Bertz CT molecular complexity index is 561. The van der Waals surface area contributed by atoms with Crippen LogP contribution in [0.5, 0.6) is 0 Å². The molecule has 2 rings (SSSR count). The number of carbonyl (C=O) groups excluding carboxylic acids is 1. The number of hydrogen-bond acceptors (Lipinski definition) is 6. The van der Waals surface area contributed by atoms with Crippen molar-refractivity contribution in [1.29, 1.82) is 0 Å². The molecule has 0 bridgehead atoms. The van der Waals surface area contributed by atoms with Crippen LogP contribution < -0.4 is 5.73 Å². The molecule has 0 saturated heterocycles. The Morgan fingerprint density at radius 3 is 2.83 bits per heavy atom. The maximum absolute atomic E-state index is 11.6. The summed E-state index contributed by atoms with van der Waals surface area (Å²) >= 11 is 0. The highest BCUT2D eigenvalue weighted by atomic mass is 16.5. The second-order valence-electron chi connectivity index (χ2n) is 3.63. The molecule has 2 heterocycles. The third kappa shape index (κ3) is 2.29. The smallest absolute Gasteiger partial charge is 0.361 e. The van der Waals surface area contributed by atoms with Gasteiger partial charge in [-0.05, 0) is 26.0 Å². The van der Waals surface area contributed by atoms with Crippen molar-refractivity contribution in [3.63, 3.8) is 0 Å². The van der Waals surface area contributed by atoms with Crippen molar-refractivity contribution in [2.45, 2.75) is 13.8 Å². The lowest BCUT2D eigenvalue weighted by atomic mass is 10.4. The fourth-order valence-electron chi connectivity index (χ4n) is 1.38. The number of nitrogens with zero attached hydrogens (tertiary/aromatic N) is 4. The fraction of sp³-hybridized carbons (Fsp3) is 0.273. The molecule has 0 aliphatic heterocycles. The van der Waals surface area contributed by atoms with E-state index in [1.165, 1.54) is 10.9 Å². The standard InChI is InChI=1S/C11H13N5O2/c1-3-18-11(17)10-8(12)6-16(15-10)9-5-4-7(2)13-14-9/h4-6H,3,12H2,1-2H3. The molecule has 0 radical (unpaired) electrons. The van der Waals surface area contributed by atoms with Crippen molar-refractivity contribution in [2.24, 2.45) is 0 Å². The minimum absolute atomic E-state index is 0.0826. The van der Waals surface area contributed by atoms with E-state index < -0.39 is 5.97 Å². The number of aryl methyl sites for hydroxylation is 1. The first kappa shape index (κ1) is 12.0. The molecule has 2 aromatic heterocycles. The van der Waals surface area contributed by atoms with Crippen LogP contribution in [-0.2, 0) is 4.74 Å². The first-order valence-corrected chi connectivity index (χ1v) is 5.44. The zero-order valence-corrected chi connectivity index (χ0v) is 10.1. The summed E-state index contributed by atoms with van der Waals surface area (Å²) in [6.07, 6.45) is 1.51. The second-order valence-corrected chi connectivity index (χ2v) is 3.63. The first-order valence-electron chi connectivity index (χ1n) is 5.44. The summed E-state index contributed by atoms with van der Waals surface area (Å²) in [4.78, 5) is 11.6. The van der Waals surface area contributed by atoms with Crippen LogP contribution in [0, 0.1) is 6.92 Å². The van der Waals surface area contributed by atoms with Crippen LogP contribution in [-0.4, -0.2) is 32.6 Å². The van der Waals surface area contributed by atoms with Gasteiger partial charge in [-0.3, -0.25) is 0 Å². The van der Waals surface area contributed by atoms with Crippen molar-refractivity contribution < 1.29 is 9.53 Å². The molecule has 0 unspecified atom stereocenters. The van der Waals surface area contributed by atoms with Gasteiger partial charge < -0.3 is 10.5 Å². The van der Waals surface area contributed by atoms with Gasteiger partial charge in [0, 0.05) is 0 Å². The zero-order chi connectivity index (χ0) is 13.1. The lowest BCUT2D eigenvalue weighted by Gasteiger charge is -1.99. The van der Waals surface area contributed by atoms with E-state index in [1.807, 2.05) is 6.92 Å². The van der Waals surface area contributed by atoms with Crippen molar-refractivity contribution >= 4 is 11.7 Å². The molecule has 0 aliphatic rings. The maximum Gasteiger partial charge on any atom is 0.361 e. The van der Waals surface area contributed by atoms with Gasteiger partial charge in [-0.15, -0.1) is 5.10 Å². The van der Waals surface area contributed by atoms with Gasteiger partial charge in [-0.2, -0.15) is 10.2 Å². The first-order chi connectivity index (χ1) is 8.61. The molecule has 0 amide bonds. The van der Waals surface area contributed by atoms with E-state index in [-0.39, 0.29) is 18.0 Å². The highest BCUT2D eigenvalue weighted by Gasteiger charge is 2.16. The largest absolute Gasteiger partial charge is 0.461 e. The van der Waals surface area contributed by atoms with Crippen LogP contribution in [0.3, 0.4) is 0 Å². The topological polar surface area (TPSA) is 95.9 Å². The van der Waals surface area contributed by atoms with Crippen LogP contribution in [0.15, 0.2) is 18.3 Å². The van der Waals surface area contributed by atoms with E-state index in [0.29, 0.717) is 5.82 Å². The Balaban J connectivity index is 2.34. The Morgan fingerprint density at radius 1 is 1.44 bits per heavy atom. The van der Waals surface area contributed by atoms with Gasteiger partial charge >= 0.3 is 5.97 Å². The molecule has 0 aromatic carbocycles. The van der Waals surface area contributed by atoms with E-state index >= 15 is 0 Å². The van der Waals surface area contributed by atoms with E-state index in [2.05, 4.69) is 15.3 Å². The number of aromatic nitrogens is 4. The Kier molecular flexibility index (Phi) is 3.22. The minimum Gasteiger partial charge on any atom is -0.461 e. The average molecular weight is 247 g/mol. The number of rotatable bonds is 3. The van der Waals surface area contributed by atoms with E-state index in [9.17, 15) is 4.79 Å². The lowest BCUT2D eigenvalue weighted by molar-refractivity contribution is 0.0520. The Labute approximate surface area is 104 Å². The summed E-state index contributed by atoms with van der Waals surface area (Å²) < 4.78 is 6.24. The fourth-order valence-corrected chi connectivity index (χ4v) is 1.38. The molecular formula is C11H13N5O2. The molecule has 2 N–H and O–H groups in total. The van der Waals surface area contributed by atoms with Crippen LogP contribution in [0.25, 0.3) is 5.82 Å². The summed E-state index contributed by atoms with van der Waals surface area (Å²) in [6.45, 7) is 3.82. The maximum atomic E-state index is 11.6. The number of anilines is 1. The predicted molar refractivity (Wildman–Crippen MR) is 64.3 cm³/mol. The van der Waals surface area contributed by atoms with Gasteiger partial charge in [-0.1, -0.05) is 0 Å². The summed E-state index contributed by atoms with van der Waals surface area (Å²) in [6, 6.07) is 3.54. The summed E-state index contributed by atoms with van der Waals surface area (Å²) in [5.41, 5.74) is 6.83. The molecule has 0 fully saturated rings. The number of nitrogens with two attached hydrogens (primary N) is 1. The van der Waals surface area contributed by atoms with E-state index in [0.717, 1.165) is 5.69 Å². The molecule has 0 aliphatic carbocycles.